The number of hydrogen-bond acceptors (Lipinski definition) is 6. The molecule has 3 N–H and O–H groups in total. The maximum Gasteiger partial charge on any atom is 0.244 e. The van der Waals surface area contributed by atoms with Crippen LogP contribution < -0.4 is 11.1 Å². The van der Waals surface area contributed by atoms with Crippen molar-refractivity contribution < 1.29 is 21.6 Å². The molecule has 2 aromatic carbocycles. The summed E-state index contributed by atoms with van der Waals surface area (Å²) in [4.78, 5) is 12.3. The summed E-state index contributed by atoms with van der Waals surface area (Å²) >= 11 is 0. The lowest BCUT2D eigenvalue weighted by Gasteiger charge is -2.37. The molecule has 168 valence electrons. The summed E-state index contributed by atoms with van der Waals surface area (Å²) in [6.45, 7) is 2.07. The number of sulfonamides is 1. The molecule has 0 radical (unpaired) electrons. The van der Waals surface area contributed by atoms with E-state index in [2.05, 4.69) is 5.32 Å². The van der Waals surface area contributed by atoms with Crippen molar-refractivity contribution in [3.8, 4) is 0 Å². The Balaban J connectivity index is 1.74. The number of carbonyl (C=O) groups is 1. The van der Waals surface area contributed by atoms with E-state index in [0.717, 1.165) is 18.2 Å². The summed E-state index contributed by atoms with van der Waals surface area (Å²) in [5.74, 6) is -0.370. The minimum atomic E-state index is -4.05. The molecule has 1 fully saturated rings. The van der Waals surface area contributed by atoms with Crippen LogP contribution in [0.1, 0.15) is 25.3 Å². The van der Waals surface area contributed by atoms with Crippen molar-refractivity contribution in [2.75, 3.05) is 24.7 Å². The van der Waals surface area contributed by atoms with Crippen LogP contribution >= 0.6 is 0 Å². The zero-order chi connectivity index (χ0) is 22.9. The minimum absolute atomic E-state index is 0.0130. The summed E-state index contributed by atoms with van der Waals surface area (Å²) in [6.07, 6.45) is 2.10. The number of carbonyl (C=O) groups excluding carboxylic acids is 1. The van der Waals surface area contributed by atoms with Gasteiger partial charge in [0.1, 0.15) is 4.90 Å². The van der Waals surface area contributed by atoms with E-state index in [1.54, 1.807) is 0 Å². The van der Waals surface area contributed by atoms with Gasteiger partial charge in [0, 0.05) is 25.0 Å². The van der Waals surface area contributed by atoms with Crippen LogP contribution in [0.25, 0.3) is 0 Å². The lowest BCUT2D eigenvalue weighted by molar-refractivity contribution is -0.122. The predicted octanol–water partition coefficient (Wildman–Crippen LogP) is 1.77. The van der Waals surface area contributed by atoms with Gasteiger partial charge in [0.25, 0.3) is 0 Å². The first-order valence-electron chi connectivity index (χ1n) is 9.96. The van der Waals surface area contributed by atoms with Crippen molar-refractivity contribution in [3.05, 3.63) is 54.1 Å². The van der Waals surface area contributed by atoms with Gasteiger partial charge in [-0.1, -0.05) is 31.2 Å². The van der Waals surface area contributed by atoms with Crippen molar-refractivity contribution in [1.82, 2.24) is 4.31 Å². The van der Waals surface area contributed by atoms with Crippen LogP contribution in [0, 0.1) is 0 Å². The first kappa shape index (κ1) is 23.4. The number of aryl methyl sites for hydroxylation is 1. The number of amides is 1. The van der Waals surface area contributed by atoms with Crippen LogP contribution in [-0.2, 0) is 31.1 Å². The van der Waals surface area contributed by atoms with Crippen molar-refractivity contribution >= 4 is 31.5 Å². The molecular formula is C21H27N3O5S2. The van der Waals surface area contributed by atoms with Crippen LogP contribution in [-0.4, -0.2) is 51.9 Å². The Morgan fingerprint density at radius 1 is 1.00 bits per heavy atom. The Kier molecular flexibility index (Phi) is 6.56. The number of rotatable bonds is 6. The van der Waals surface area contributed by atoms with E-state index in [9.17, 15) is 21.6 Å². The fourth-order valence-corrected chi connectivity index (χ4v) is 6.58. The third-order valence-electron chi connectivity index (χ3n) is 5.55. The highest BCUT2D eigenvalue weighted by Crippen LogP contribution is 2.29. The fourth-order valence-electron chi connectivity index (χ4n) is 3.54. The molecule has 10 heteroatoms. The monoisotopic (exact) mass is 465 g/mol. The van der Waals surface area contributed by atoms with E-state index in [-0.39, 0.29) is 41.6 Å². The molecule has 0 aliphatic carbocycles. The third-order valence-corrected chi connectivity index (χ3v) is 8.79. The van der Waals surface area contributed by atoms with Crippen LogP contribution in [0.4, 0.5) is 5.69 Å². The molecule has 3 rings (SSSR count). The van der Waals surface area contributed by atoms with Crippen molar-refractivity contribution in [3.63, 3.8) is 0 Å². The Morgan fingerprint density at radius 2 is 1.55 bits per heavy atom. The van der Waals surface area contributed by atoms with Crippen LogP contribution in [0.5, 0.6) is 0 Å². The molecule has 1 amide bonds. The first-order valence-corrected chi connectivity index (χ1v) is 13.3. The number of benzene rings is 2. The molecule has 0 unspecified atom stereocenters. The molecule has 0 atom stereocenters. The molecule has 0 bridgehead atoms. The summed E-state index contributed by atoms with van der Waals surface area (Å²) in [5.41, 5.74) is 6.88. The third kappa shape index (κ3) is 4.98. The molecule has 0 spiro atoms. The zero-order valence-electron chi connectivity index (χ0n) is 17.5. The molecule has 1 heterocycles. The molecule has 31 heavy (non-hydrogen) atoms. The largest absolute Gasteiger partial charge is 0.324 e. The molecule has 1 saturated heterocycles. The predicted molar refractivity (Wildman–Crippen MR) is 119 cm³/mol. The SMILES string of the molecule is CCc1ccc(NC(=O)C2(N)CCN(S(=O)(=O)c3ccccc3S(C)(=O)=O)CC2)cc1. The average molecular weight is 466 g/mol. The van der Waals surface area contributed by atoms with Gasteiger partial charge in [0.2, 0.25) is 15.9 Å². The Hall–Kier alpha value is -2.27. The van der Waals surface area contributed by atoms with Crippen molar-refractivity contribution in [2.24, 2.45) is 5.73 Å². The number of nitrogens with one attached hydrogen (secondary N) is 1. The van der Waals surface area contributed by atoms with Crippen molar-refractivity contribution in [1.29, 1.82) is 0 Å². The van der Waals surface area contributed by atoms with Crippen LogP contribution in [0.3, 0.4) is 0 Å². The summed E-state index contributed by atoms with van der Waals surface area (Å²) in [5, 5.41) is 2.81. The fraction of sp³-hybridized carbons (Fsp3) is 0.381. The number of piperidine rings is 1. The van der Waals surface area contributed by atoms with Crippen LogP contribution in [0.2, 0.25) is 0 Å². The standard InChI is InChI=1S/C21H27N3O5S2/c1-3-16-8-10-17(11-9-16)23-20(25)21(22)12-14-24(15-13-21)31(28,29)19-7-5-4-6-18(19)30(2,26)27/h4-11H,3,12-15,22H2,1-2H3,(H,23,25). The lowest BCUT2D eigenvalue weighted by Crippen LogP contribution is -2.58. The van der Waals surface area contributed by atoms with Gasteiger partial charge < -0.3 is 11.1 Å². The van der Waals surface area contributed by atoms with Gasteiger partial charge >= 0.3 is 0 Å². The van der Waals surface area contributed by atoms with Gasteiger partial charge in [-0.05, 0) is 49.1 Å². The second kappa shape index (κ2) is 8.70. The average Bonchev–Trinajstić information content (AvgIpc) is 2.74. The second-order valence-corrected chi connectivity index (χ2v) is 11.7. The van der Waals surface area contributed by atoms with E-state index in [4.69, 9.17) is 5.73 Å². The molecule has 0 aromatic heterocycles. The van der Waals surface area contributed by atoms with Gasteiger partial charge in [-0.15, -0.1) is 0 Å². The maximum atomic E-state index is 13.1. The number of anilines is 1. The number of nitrogens with two attached hydrogens (primary N) is 1. The molecule has 1 aliphatic rings. The summed E-state index contributed by atoms with van der Waals surface area (Å²) < 4.78 is 51.5. The highest BCUT2D eigenvalue weighted by Gasteiger charge is 2.41. The minimum Gasteiger partial charge on any atom is -0.324 e. The molecule has 1 aliphatic heterocycles. The van der Waals surface area contributed by atoms with Gasteiger partial charge in [-0.3, -0.25) is 4.79 Å². The van der Waals surface area contributed by atoms with E-state index in [1.165, 1.54) is 28.6 Å². The van der Waals surface area contributed by atoms with Gasteiger partial charge in [-0.25, -0.2) is 16.8 Å². The molecular weight excluding hydrogens is 438 g/mol. The molecule has 2 aromatic rings. The number of nitrogens with zero attached hydrogens (tertiary/aromatic N) is 1. The van der Waals surface area contributed by atoms with Gasteiger partial charge in [-0.2, -0.15) is 4.31 Å². The van der Waals surface area contributed by atoms with E-state index >= 15 is 0 Å². The number of sulfone groups is 1. The lowest BCUT2D eigenvalue weighted by atomic mass is 9.88. The highest BCUT2D eigenvalue weighted by molar-refractivity contribution is 7.93. The first-order chi connectivity index (χ1) is 14.5. The van der Waals surface area contributed by atoms with Crippen molar-refractivity contribution in [2.45, 2.75) is 41.5 Å². The van der Waals surface area contributed by atoms with Gasteiger partial charge in [0.15, 0.2) is 9.84 Å². The Morgan fingerprint density at radius 3 is 2.06 bits per heavy atom. The Bertz CT molecular complexity index is 1170. The maximum absolute atomic E-state index is 13.1. The summed E-state index contributed by atoms with van der Waals surface area (Å²) in [6, 6.07) is 13.0. The number of hydrogen-bond donors (Lipinski definition) is 2. The quantitative estimate of drug-likeness (QED) is 0.669. The molecule has 8 nitrogen and oxygen atoms in total. The molecule has 0 saturated carbocycles. The highest BCUT2D eigenvalue weighted by atomic mass is 32.2. The van der Waals surface area contributed by atoms with Crippen LogP contribution in [0.15, 0.2) is 58.3 Å². The normalized spacial score (nSPS) is 17.3. The van der Waals surface area contributed by atoms with E-state index in [1.807, 2.05) is 31.2 Å². The summed E-state index contributed by atoms with van der Waals surface area (Å²) in [7, 11) is -7.78. The van der Waals surface area contributed by atoms with E-state index < -0.39 is 25.4 Å². The topological polar surface area (TPSA) is 127 Å². The second-order valence-electron chi connectivity index (χ2n) is 7.78. The van der Waals surface area contributed by atoms with E-state index in [0.29, 0.717) is 5.69 Å². The zero-order valence-corrected chi connectivity index (χ0v) is 19.2. The smallest absolute Gasteiger partial charge is 0.244 e. The van der Waals surface area contributed by atoms with Gasteiger partial charge in [0.05, 0.1) is 10.4 Å². The Labute approximate surface area is 183 Å².